The fraction of sp³-hybridized carbons (Fsp3) is 0.308. The number of nitrogens with zero attached hydrogens (tertiary/aromatic N) is 1. The van der Waals surface area contributed by atoms with Crippen molar-refractivity contribution in [2.24, 2.45) is 0 Å². The Morgan fingerprint density at radius 1 is 1.40 bits per heavy atom. The summed E-state index contributed by atoms with van der Waals surface area (Å²) in [7, 11) is 0. The van der Waals surface area contributed by atoms with Gasteiger partial charge in [-0.15, -0.1) is 0 Å². The van der Waals surface area contributed by atoms with Crippen molar-refractivity contribution < 1.29 is 19.5 Å². The molecule has 0 bridgehead atoms. The zero-order chi connectivity index (χ0) is 14.9. The highest BCUT2D eigenvalue weighted by Gasteiger charge is 2.44. The van der Waals surface area contributed by atoms with Gasteiger partial charge in [0.25, 0.3) is 5.91 Å². The number of amides is 3. The molecule has 0 saturated carbocycles. The van der Waals surface area contributed by atoms with Crippen LogP contribution in [0, 0.1) is 0 Å². The van der Waals surface area contributed by atoms with Gasteiger partial charge in [0.1, 0.15) is 12.1 Å². The van der Waals surface area contributed by atoms with Gasteiger partial charge in [0.15, 0.2) is 0 Å². The first-order valence-electron chi connectivity index (χ1n) is 6.07. The Kier molecular flexibility index (Phi) is 3.94. The smallest absolute Gasteiger partial charge is 0.326 e. The predicted molar refractivity (Wildman–Crippen MR) is 71.3 cm³/mol. The molecule has 0 radical (unpaired) electrons. The van der Waals surface area contributed by atoms with Crippen LogP contribution >= 0.6 is 11.6 Å². The average molecular weight is 297 g/mol. The van der Waals surface area contributed by atoms with E-state index in [0.717, 1.165) is 4.90 Å². The SMILES string of the molecule is CCC(C(=O)O)N1C(=O)NC(c2ccc(Cl)cc2)C1=O. The maximum atomic E-state index is 12.3. The van der Waals surface area contributed by atoms with E-state index < -0.39 is 30.0 Å². The molecule has 1 heterocycles. The van der Waals surface area contributed by atoms with E-state index in [0.29, 0.717) is 10.6 Å². The van der Waals surface area contributed by atoms with E-state index in [1.165, 1.54) is 0 Å². The Morgan fingerprint density at radius 3 is 2.50 bits per heavy atom. The fourth-order valence-corrected chi connectivity index (χ4v) is 2.26. The van der Waals surface area contributed by atoms with E-state index in [4.69, 9.17) is 16.7 Å². The van der Waals surface area contributed by atoms with Crippen LogP contribution in [0.3, 0.4) is 0 Å². The van der Waals surface area contributed by atoms with Gasteiger partial charge in [-0.2, -0.15) is 0 Å². The highest BCUT2D eigenvalue weighted by Crippen LogP contribution is 2.25. The zero-order valence-corrected chi connectivity index (χ0v) is 11.4. The number of nitrogens with one attached hydrogen (secondary N) is 1. The molecule has 106 valence electrons. The summed E-state index contributed by atoms with van der Waals surface area (Å²) in [5.74, 6) is -1.76. The quantitative estimate of drug-likeness (QED) is 0.829. The molecule has 1 aliphatic rings. The van der Waals surface area contributed by atoms with Crippen molar-refractivity contribution in [3.05, 3.63) is 34.9 Å². The third-order valence-electron chi connectivity index (χ3n) is 3.16. The minimum absolute atomic E-state index is 0.155. The molecule has 1 fully saturated rings. The third kappa shape index (κ3) is 2.46. The number of halogens is 1. The number of benzene rings is 1. The van der Waals surface area contributed by atoms with Crippen LogP contribution in [0.4, 0.5) is 4.79 Å². The number of hydrogen-bond donors (Lipinski definition) is 2. The summed E-state index contributed by atoms with van der Waals surface area (Å²) in [5, 5.41) is 12.1. The minimum atomic E-state index is -1.20. The first kappa shape index (κ1) is 14.3. The average Bonchev–Trinajstić information content (AvgIpc) is 2.68. The van der Waals surface area contributed by atoms with Crippen LogP contribution in [0.5, 0.6) is 0 Å². The molecular weight excluding hydrogens is 284 g/mol. The molecule has 0 aromatic heterocycles. The molecular formula is C13H13ClN2O4. The van der Waals surface area contributed by atoms with Crippen molar-refractivity contribution in [1.29, 1.82) is 0 Å². The van der Waals surface area contributed by atoms with E-state index in [-0.39, 0.29) is 6.42 Å². The summed E-state index contributed by atoms with van der Waals surface area (Å²) in [6.45, 7) is 1.61. The summed E-state index contributed by atoms with van der Waals surface area (Å²) in [6, 6.07) is 3.74. The van der Waals surface area contributed by atoms with E-state index in [1.54, 1.807) is 31.2 Å². The van der Waals surface area contributed by atoms with Gasteiger partial charge in [0.2, 0.25) is 0 Å². The van der Waals surface area contributed by atoms with Crippen LogP contribution < -0.4 is 5.32 Å². The molecule has 1 aromatic rings. The van der Waals surface area contributed by atoms with Crippen molar-refractivity contribution >= 4 is 29.5 Å². The van der Waals surface area contributed by atoms with Gasteiger partial charge in [-0.1, -0.05) is 30.7 Å². The molecule has 6 nitrogen and oxygen atoms in total. The van der Waals surface area contributed by atoms with Crippen molar-refractivity contribution in [2.75, 3.05) is 0 Å². The maximum absolute atomic E-state index is 12.3. The maximum Gasteiger partial charge on any atom is 0.326 e. The van der Waals surface area contributed by atoms with E-state index in [1.807, 2.05) is 0 Å². The third-order valence-corrected chi connectivity index (χ3v) is 3.41. The Labute approximate surface area is 120 Å². The predicted octanol–water partition coefficient (Wildman–Crippen LogP) is 1.80. The van der Waals surface area contributed by atoms with Gasteiger partial charge in [-0.25, -0.2) is 14.5 Å². The van der Waals surface area contributed by atoms with Gasteiger partial charge in [0, 0.05) is 5.02 Å². The summed E-state index contributed by atoms with van der Waals surface area (Å²) in [5.41, 5.74) is 0.565. The molecule has 2 unspecified atom stereocenters. The van der Waals surface area contributed by atoms with Crippen molar-refractivity contribution in [1.82, 2.24) is 10.2 Å². The number of hydrogen-bond acceptors (Lipinski definition) is 3. The van der Waals surface area contributed by atoms with Crippen LogP contribution in [0.1, 0.15) is 24.9 Å². The summed E-state index contributed by atoms with van der Waals surface area (Å²) < 4.78 is 0. The first-order valence-corrected chi connectivity index (χ1v) is 6.45. The minimum Gasteiger partial charge on any atom is -0.480 e. The van der Waals surface area contributed by atoms with Crippen LogP contribution in [0.2, 0.25) is 5.02 Å². The molecule has 7 heteroatoms. The van der Waals surface area contributed by atoms with Crippen molar-refractivity contribution in [3.63, 3.8) is 0 Å². The Balaban J connectivity index is 2.28. The van der Waals surface area contributed by atoms with Gasteiger partial charge < -0.3 is 10.4 Å². The van der Waals surface area contributed by atoms with Crippen molar-refractivity contribution in [2.45, 2.75) is 25.4 Å². The highest BCUT2D eigenvalue weighted by molar-refractivity contribution is 6.30. The second-order valence-corrected chi connectivity index (χ2v) is 4.84. The lowest BCUT2D eigenvalue weighted by atomic mass is 10.1. The van der Waals surface area contributed by atoms with Crippen LogP contribution in [0.15, 0.2) is 24.3 Å². The Hall–Kier alpha value is -2.08. The number of carbonyl (C=O) groups is 3. The molecule has 2 N–H and O–H groups in total. The number of carboxylic acid groups (broad SMARTS) is 1. The molecule has 2 rings (SSSR count). The Morgan fingerprint density at radius 2 is 2.00 bits per heavy atom. The van der Waals surface area contributed by atoms with E-state index >= 15 is 0 Å². The number of carboxylic acids is 1. The number of aliphatic carboxylic acids is 1. The summed E-state index contributed by atoms with van der Waals surface area (Å²) in [6.07, 6.45) is 0.155. The molecule has 0 aliphatic carbocycles. The highest BCUT2D eigenvalue weighted by atomic mass is 35.5. The Bertz CT molecular complexity index is 558. The van der Waals surface area contributed by atoms with Crippen LogP contribution in [-0.4, -0.2) is 34.0 Å². The normalized spacial score (nSPS) is 19.9. The zero-order valence-electron chi connectivity index (χ0n) is 10.7. The lowest BCUT2D eigenvalue weighted by molar-refractivity contribution is -0.146. The molecule has 1 aromatic carbocycles. The number of rotatable bonds is 4. The van der Waals surface area contributed by atoms with Gasteiger partial charge >= 0.3 is 12.0 Å². The monoisotopic (exact) mass is 296 g/mol. The lowest BCUT2D eigenvalue weighted by Crippen LogP contribution is -2.45. The molecule has 1 saturated heterocycles. The second kappa shape index (κ2) is 5.50. The molecule has 20 heavy (non-hydrogen) atoms. The van der Waals surface area contributed by atoms with Crippen molar-refractivity contribution in [3.8, 4) is 0 Å². The standard InChI is InChI=1S/C13H13ClN2O4/c1-2-9(12(18)19)16-11(17)10(15-13(16)20)7-3-5-8(14)6-4-7/h3-6,9-10H,2H2,1H3,(H,15,20)(H,18,19). The number of carbonyl (C=O) groups excluding carboxylic acids is 2. The lowest BCUT2D eigenvalue weighted by Gasteiger charge is -2.19. The molecule has 3 amide bonds. The first-order chi connectivity index (χ1) is 9.45. The van der Waals surface area contributed by atoms with E-state index in [2.05, 4.69) is 5.32 Å². The van der Waals surface area contributed by atoms with Gasteiger partial charge in [-0.05, 0) is 24.1 Å². The number of imide groups is 1. The topological polar surface area (TPSA) is 86.7 Å². The largest absolute Gasteiger partial charge is 0.480 e. The van der Waals surface area contributed by atoms with Gasteiger partial charge in [0.05, 0.1) is 0 Å². The number of urea groups is 1. The van der Waals surface area contributed by atoms with Crippen LogP contribution in [-0.2, 0) is 9.59 Å². The molecule has 1 aliphatic heterocycles. The summed E-state index contributed by atoms with van der Waals surface area (Å²) >= 11 is 5.77. The van der Waals surface area contributed by atoms with E-state index in [9.17, 15) is 14.4 Å². The fourth-order valence-electron chi connectivity index (χ4n) is 2.14. The van der Waals surface area contributed by atoms with Crippen LogP contribution in [0.25, 0.3) is 0 Å². The second-order valence-electron chi connectivity index (χ2n) is 4.40. The van der Waals surface area contributed by atoms with Gasteiger partial charge in [-0.3, -0.25) is 4.79 Å². The molecule has 0 spiro atoms. The summed E-state index contributed by atoms with van der Waals surface area (Å²) in [4.78, 5) is 36.0. The molecule has 2 atom stereocenters.